The average Bonchev–Trinajstić information content (AvgIpc) is 2.45. The van der Waals surface area contributed by atoms with Crippen molar-refractivity contribution in [3.63, 3.8) is 0 Å². The second-order valence-electron chi connectivity index (χ2n) is 4.69. The highest BCUT2D eigenvalue weighted by Crippen LogP contribution is 2.33. The highest BCUT2D eigenvalue weighted by molar-refractivity contribution is 4.92. The lowest BCUT2D eigenvalue weighted by Gasteiger charge is -2.38. The Morgan fingerprint density at radius 2 is 1.73 bits per heavy atom. The summed E-state index contributed by atoms with van der Waals surface area (Å²) in [6, 6.07) is 0.487. The Kier molecular flexibility index (Phi) is 5.62. The molecule has 0 heterocycles. The molecule has 1 saturated carbocycles. The van der Waals surface area contributed by atoms with Gasteiger partial charge in [-0.05, 0) is 33.2 Å². The predicted molar refractivity (Wildman–Crippen MR) is 65.2 cm³/mol. The van der Waals surface area contributed by atoms with Gasteiger partial charge in [0.2, 0.25) is 0 Å². The van der Waals surface area contributed by atoms with Gasteiger partial charge in [0.25, 0.3) is 0 Å². The molecule has 1 unspecified atom stereocenters. The molecule has 0 saturated heterocycles. The summed E-state index contributed by atoms with van der Waals surface area (Å²) in [5.41, 5.74) is 0.112. The molecule has 1 atom stereocenters. The third-order valence-corrected chi connectivity index (χ3v) is 3.68. The molecular formula is C13H27NO. The van der Waals surface area contributed by atoms with Crippen molar-refractivity contribution in [2.24, 2.45) is 0 Å². The molecule has 1 rings (SSSR count). The van der Waals surface area contributed by atoms with Crippen LogP contribution in [0, 0.1) is 0 Å². The molecule has 2 heteroatoms. The summed E-state index contributed by atoms with van der Waals surface area (Å²) in [5, 5.41) is 3.54. The molecule has 15 heavy (non-hydrogen) atoms. The van der Waals surface area contributed by atoms with Crippen LogP contribution in [0.25, 0.3) is 0 Å². The van der Waals surface area contributed by atoms with Crippen molar-refractivity contribution in [2.75, 3.05) is 13.2 Å². The van der Waals surface area contributed by atoms with Gasteiger partial charge in [-0.1, -0.05) is 32.6 Å². The zero-order chi connectivity index (χ0) is 11.1. The van der Waals surface area contributed by atoms with Crippen LogP contribution in [-0.4, -0.2) is 24.8 Å². The van der Waals surface area contributed by atoms with Crippen molar-refractivity contribution in [3.05, 3.63) is 0 Å². The molecule has 90 valence electrons. The van der Waals surface area contributed by atoms with Crippen LogP contribution >= 0.6 is 0 Å². The van der Waals surface area contributed by atoms with E-state index in [0.29, 0.717) is 6.04 Å². The lowest BCUT2D eigenvalue weighted by molar-refractivity contribution is -0.0723. The summed E-state index contributed by atoms with van der Waals surface area (Å²) in [6.45, 7) is 8.45. The fourth-order valence-electron chi connectivity index (χ4n) is 2.81. The van der Waals surface area contributed by atoms with Crippen LogP contribution in [0.5, 0.6) is 0 Å². The predicted octanol–water partition coefficient (Wildman–Crippen LogP) is 3.11. The molecule has 0 aliphatic heterocycles. The maximum Gasteiger partial charge on any atom is 0.0831 e. The lowest BCUT2D eigenvalue weighted by Crippen LogP contribution is -2.50. The van der Waals surface area contributed by atoms with E-state index >= 15 is 0 Å². The van der Waals surface area contributed by atoms with Gasteiger partial charge in [0.1, 0.15) is 0 Å². The quantitative estimate of drug-likeness (QED) is 0.709. The summed E-state index contributed by atoms with van der Waals surface area (Å²) < 4.78 is 6.10. The Balaban J connectivity index is 2.65. The van der Waals surface area contributed by atoms with E-state index in [1.165, 1.54) is 38.5 Å². The van der Waals surface area contributed by atoms with Crippen LogP contribution < -0.4 is 5.32 Å². The third kappa shape index (κ3) is 3.46. The summed E-state index contributed by atoms with van der Waals surface area (Å²) in [5.74, 6) is 0. The van der Waals surface area contributed by atoms with E-state index in [2.05, 4.69) is 26.1 Å². The second-order valence-corrected chi connectivity index (χ2v) is 4.69. The van der Waals surface area contributed by atoms with Crippen LogP contribution in [0.4, 0.5) is 0 Å². The molecule has 1 N–H and O–H groups in total. The van der Waals surface area contributed by atoms with Gasteiger partial charge in [0.05, 0.1) is 5.60 Å². The lowest BCUT2D eigenvalue weighted by atomic mass is 9.87. The number of hydrogen-bond acceptors (Lipinski definition) is 2. The summed E-state index contributed by atoms with van der Waals surface area (Å²) in [6.07, 6.45) is 7.89. The third-order valence-electron chi connectivity index (χ3n) is 3.68. The number of ether oxygens (including phenoxy) is 1. The van der Waals surface area contributed by atoms with Crippen molar-refractivity contribution in [1.29, 1.82) is 0 Å². The largest absolute Gasteiger partial charge is 0.374 e. The molecule has 1 aliphatic rings. The van der Waals surface area contributed by atoms with Gasteiger partial charge < -0.3 is 10.1 Å². The van der Waals surface area contributed by atoms with E-state index in [-0.39, 0.29) is 5.60 Å². The summed E-state index contributed by atoms with van der Waals surface area (Å²) in [4.78, 5) is 0. The number of rotatable bonds is 5. The van der Waals surface area contributed by atoms with E-state index in [1.54, 1.807) is 0 Å². The minimum Gasteiger partial charge on any atom is -0.374 e. The maximum absolute atomic E-state index is 6.10. The maximum atomic E-state index is 6.10. The topological polar surface area (TPSA) is 21.3 Å². The van der Waals surface area contributed by atoms with Gasteiger partial charge in [-0.2, -0.15) is 0 Å². The first-order valence-electron chi connectivity index (χ1n) is 6.62. The molecule has 1 aliphatic carbocycles. The fourth-order valence-corrected chi connectivity index (χ4v) is 2.81. The normalized spacial score (nSPS) is 23.4. The Morgan fingerprint density at radius 1 is 1.13 bits per heavy atom. The van der Waals surface area contributed by atoms with Gasteiger partial charge in [0, 0.05) is 12.6 Å². The molecule has 0 aromatic heterocycles. The van der Waals surface area contributed by atoms with E-state index in [4.69, 9.17) is 4.74 Å². The molecule has 0 aromatic carbocycles. The standard InChI is InChI=1S/C13H27NO/c1-4-14-12(3)13(15-5-2)10-8-6-7-9-11-13/h12,14H,4-11H2,1-3H3. The van der Waals surface area contributed by atoms with Gasteiger partial charge >= 0.3 is 0 Å². The molecule has 0 bridgehead atoms. The highest BCUT2D eigenvalue weighted by atomic mass is 16.5. The Hall–Kier alpha value is -0.0800. The summed E-state index contributed by atoms with van der Waals surface area (Å²) >= 11 is 0. The molecule has 1 fully saturated rings. The van der Waals surface area contributed by atoms with Crippen LogP contribution in [0.15, 0.2) is 0 Å². The first-order chi connectivity index (χ1) is 7.25. The molecular weight excluding hydrogens is 186 g/mol. The van der Waals surface area contributed by atoms with Gasteiger partial charge in [-0.25, -0.2) is 0 Å². The van der Waals surface area contributed by atoms with E-state index in [1.807, 2.05) is 0 Å². The first-order valence-corrected chi connectivity index (χ1v) is 6.62. The van der Waals surface area contributed by atoms with E-state index in [9.17, 15) is 0 Å². The monoisotopic (exact) mass is 213 g/mol. The SMILES string of the molecule is CCNC(C)C1(OCC)CCCCCC1. The van der Waals surface area contributed by atoms with Gasteiger partial charge in [-0.15, -0.1) is 0 Å². The average molecular weight is 213 g/mol. The fraction of sp³-hybridized carbons (Fsp3) is 1.00. The minimum absolute atomic E-state index is 0.112. The summed E-state index contributed by atoms with van der Waals surface area (Å²) in [7, 11) is 0. The first kappa shape index (κ1) is 13.0. The van der Waals surface area contributed by atoms with Crippen LogP contribution in [0.2, 0.25) is 0 Å². The Bertz CT molecular complexity index is 162. The van der Waals surface area contributed by atoms with Crippen molar-refractivity contribution in [2.45, 2.75) is 70.9 Å². The van der Waals surface area contributed by atoms with E-state index in [0.717, 1.165) is 13.2 Å². The zero-order valence-electron chi connectivity index (χ0n) is 10.6. The number of nitrogens with one attached hydrogen (secondary N) is 1. The molecule has 0 amide bonds. The minimum atomic E-state index is 0.112. The van der Waals surface area contributed by atoms with Crippen LogP contribution in [0.1, 0.15) is 59.3 Å². The van der Waals surface area contributed by atoms with E-state index < -0.39 is 0 Å². The number of hydrogen-bond donors (Lipinski definition) is 1. The zero-order valence-corrected chi connectivity index (χ0v) is 10.6. The molecule has 2 nitrogen and oxygen atoms in total. The molecule has 0 spiro atoms. The van der Waals surface area contributed by atoms with Crippen molar-refractivity contribution < 1.29 is 4.74 Å². The molecule has 0 radical (unpaired) electrons. The Labute approximate surface area is 94.8 Å². The number of likely N-dealkylation sites (N-methyl/N-ethyl adjacent to an activating group) is 1. The van der Waals surface area contributed by atoms with Crippen LogP contribution in [-0.2, 0) is 4.74 Å². The van der Waals surface area contributed by atoms with Gasteiger partial charge in [0.15, 0.2) is 0 Å². The molecule has 0 aromatic rings. The van der Waals surface area contributed by atoms with Crippen LogP contribution in [0.3, 0.4) is 0 Å². The smallest absolute Gasteiger partial charge is 0.0831 e. The van der Waals surface area contributed by atoms with Gasteiger partial charge in [-0.3, -0.25) is 0 Å². The van der Waals surface area contributed by atoms with Crippen molar-refractivity contribution in [1.82, 2.24) is 5.32 Å². The van der Waals surface area contributed by atoms with Crippen molar-refractivity contribution in [3.8, 4) is 0 Å². The van der Waals surface area contributed by atoms with Crippen molar-refractivity contribution >= 4 is 0 Å². The highest BCUT2D eigenvalue weighted by Gasteiger charge is 2.36. The Morgan fingerprint density at radius 3 is 2.20 bits per heavy atom. The second kappa shape index (κ2) is 6.49.